The van der Waals surface area contributed by atoms with E-state index in [9.17, 15) is 23.2 Å². The second-order valence-corrected chi connectivity index (χ2v) is 14.1. The normalized spacial score (nSPS) is 14.6. The number of halogens is 2. The number of Topliss-reactive ketones (excluding diaryl/α,β-unsaturated/α-hetero) is 1. The summed E-state index contributed by atoms with van der Waals surface area (Å²) in [5.41, 5.74) is 4.88. The number of benzene rings is 4. The van der Waals surface area contributed by atoms with E-state index in [1.165, 1.54) is 37.1 Å². The van der Waals surface area contributed by atoms with Gasteiger partial charge in [0.1, 0.15) is 29.1 Å². The number of carbonyl (C=O) groups is 1. The number of nitrogens with zero attached hydrogens (tertiary/aromatic N) is 4. The van der Waals surface area contributed by atoms with Crippen molar-refractivity contribution in [1.82, 2.24) is 19.1 Å². The Labute approximate surface area is 328 Å². The van der Waals surface area contributed by atoms with Gasteiger partial charge in [-0.05, 0) is 98.5 Å². The molecular formula is C47H40F2N4O4. The molecule has 8 nitrogen and oxygen atoms in total. The van der Waals surface area contributed by atoms with E-state index < -0.39 is 0 Å². The predicted molar refractivity (Wildman–Crippen MR) is 217 cm³/mol. The first kappa shape index (κ1) is 38.8. The molecule has 57 heavy (non-hydrogen) atoms. The van der Waals surface area contributed by atoms with Gasteiger partial charge in [0.05, 0.1) is 21.8 Å². The molecule has 0 saturated carbocycles. The fourth-order valence-corrected chi connectivity index (χ4v) is 6.76. The molecule has 0 amide bonds. The Balaban J connectivity index is 0.000000155. The fourth-order valence-electron chi connectivity index (χ4n) is 6.76. The molecule has 0 unspecified atom stereocenters. The van der Waals surface area contributed by atoms with Crippen molar-refractivity contribution in [3.8, 4) is 23.7 Å². The van der Waals surface area contributed by atoms with Crippen LogP contribution in [0.4, 0.5) is 8.78 Å². The van der Waals surface area contributed by atoms with Crippen LogP contribution in [0.5, 0.6) is 0 Å². The van der Waals surface area contributed by atoms with Crippen LogP contribution >= 0.6 is 0 Å². The Kier molecular flexibility index (Phi) is 12.2. The zero-order chi connectivity index (χ0) is 39.7. The van der Waals surface area contributed by atoms with E-state index in [1.54, 1.807) is 63.7 Å². The molecule has 286 valence electrons. The number of aromatic nitrogens is 4. The molecule has 0 atom stereocenters. The molecule has 3 aliphatic rings. The molecule has 0 bridgehead atoms. The average Bonchev–Trinajstić information content (AvgIpc) is 3.68. The van der Waals surface area contributed by atoms with Crippen LogP contribution in [0.2, 0.25) is 0 Å². The molecule has 2 aromatic heterocycles. The van der Waals surface area contributed by atoms with Gasteiger partial charge in [-0.1, -0.05) is 48.0 Å². The van der Waals surface area contributed by atoms with Crippen LogP contribution in [0.25, 0.3) is 21.8 Å². The highest BCUT2D eigenvalue weighted by Gasteiger charge is 2.18. The van der Waals surface area contributed by atoms with Crippen LogP contribution < -0.4 is 11.1 Å². The third kappa shape index (κ3) is 9.85. The lowest BCUT2D eigenvalue weighted by atomic mass is 10.1. The molecule has 10 heteroatoms. The Morgan fingerprint density at radius 3 is 1.51 bits per heavy atom. The summed E-state index contributed by atoms with van der Waals surface area (Å²) in [4.78, 5) is 46.4. The topological polar surface area (TPSA) is 96.1 Å². The SMILES string of the molecule is C1CCOC1.C=C1CCc2nc3cc(C#Cc4cccc(F)c4)ccc3c(=O)n2CC1.O=C1CCc2nc3cc(C#Cc4cccc(F)c4)ccc3c(=O)n2CC1. The third-order valence-electron chi connectivity index (χ3n) is 9.88. The molecule has 0 aliphatic carbocycles. The fraction of sp³-hybridized carbons (Fsp3) is 0.255. The maximum Gasteiger partial charge on any atom is 0.261 e. The number of allylic oxidation sites excluding steroid dienone is 1. The Hall–Kier alpha value is -6.49. The summed E-state index contributed by atoms with van der Waals surface area (Å²) < 4.78 is 34.8. The highest BCUT2D eigenvalue weighted by molar-refractivity contribution is 5.81. The lowest BCUT2D eigenvalue weighted by Crippen LogP contribution is -2.24. The van der Waals surface area contributed by atoms with Crippen LogP contribution in [0.15, 0.2) is 107 Å². The molecule has 0 spiro atoms. The first-order chi connectivity index (χ1) is 27.7. The number of aryl methyl sites for hydroxylation is 2. The van der Waals surface area contributed by atoms with E-state index in [0.29, 0.717) is 76.7 Å². The van der Waals surface area contributed by atoms with E-state index in [4.69, 9.17) is 9.72 Å². The summed E-state index contributed by atoms with van der Waals surface area (Å²) in [6, 6.07) is 22.9. The smallest absolute Gasteiger partial charge is 0.261 e. The second kappa shape index (κ2) is 18.0. The molecule has 6 aromatic rings. The van der Waals surface area contributed by atoms with E-state index in [2.05, 4.69) is 35.2 Å². The zero-order valence-electron chi connectivity index (χ0n) is 31.5. The largest absolute Gasteiger partial charge is 0.381 e. The first-order valence-electron chi connectivity index (χ1n) is 19.1. The Morgan fingerprint density at radius 1 is 0.561 bits per heavy atom. The first-order valence-corrected chi connectivity index (χ1v) is 19.1. The molecule has 3 aliphatic heterocycles. The van der Waals surface area contributed by atoms with Gasteiger partial charge in [0, 0.05) is 74.2 Å². The van der Waals surface area contributed by atoms with Crippen molar-refractivity contribution in [3.05, 3.63) is 163 Å². The molecule has 4 aromatic carbocycles. The summed E-state index contributed by atoms with van der Waals surface area (Å²) in [5, 5.41) is 1.11. The summed E-state index contributed by atoms with van der Waals surface area (Å²) in [6.07, 6.45) is 6.22. The van der Waals surface area contributed by atoms with Crippen LogP contribution in [0.1, 0.15) is 72.4 Å². The number of rotatable bonds is 0. The zero-order valence-corrected chi connectivity index (χ0v) is 31.5. The number of hydrogen-bond acceptors (Lipinski definition) is 6. The highest BCUT2D eigenvalue weighted by atomic mass is 19.1. The molecule has 0 radical (unpaired) electrons. The van der Waals surface area contributed by atoms with Crippen molar-refractivity contribution in [2.45, 2.75) is 64.5 Å². The van der Waals surface area contributed by atoms with Gasteiger partial charge in [-0.15, -0.1) is 0 Å². The van der Waals surface area contributed by atoms with Crippen LogP contribution in [-0.2, 0) is 35.5 Å². The quantitative estimate of drug-likeness (QED) is 0.118. The summed E-state index contributed by atoms with van der Waals surface area (Å²) in [6.45, 7) is 7.06. The number of ether oxygens (including phenoxy) is 1. The molecule has 1 fully saturated rings. The highest BCUT2D eigenvalue weighted by Crippen LogP contribution is 2.19. The lowest BCUT2D eigenvalue weighted by molar-refractivity contribution is -0.119. The van der Waals surface area contributed by atoms with Crippen molar-refractivity contribution < 1.29 is 18.3 Å². The molecule has 5 heterocycles. The van der Waals surface area contributed by atoms with E-state index >= 15 is 0 Å². The van der Waals surface area contributed by atoms with Crippen LogP contribution in [-0.4, -0.2) is 38.1 Å². The summed E-state index contributed by atoms with van der Waals surface area (Å²) >= 11 is 0. The number of hydrogen-bond donors (Lipinski definition) is 0. The van der Waals surface area contributed by atoms with E-state index in [1.807, 2.05) is 6.07 Å². The number of ketones is 1. The summed E-state index contributed by atoms with van der Waals surface area (Å²) in [7, 11) is 0. The molecule has 9 rings (SSSR count). The molecule has 1 saturated heterocycles. The van der Waals surface area contributed by atoms with Crippen LogP contribution in [0.3, 0.4) is 0 Å². The Bertz CT molecular complexity index is 2570. The average molecular weight is 763 g/mol. The summed E-state index contributed by atoms with van der Waals surface area (Å²) in [5.74, 6) is 12.8. The van der Waals surface area contributed by atoms with Gasteiger partial charge in [-0.3, -0.25) is 23.5 Å². The van der Waals surface area contributed by atoms with Gasteiger partial charge in [0.25, 0.3) is 11.1 Å². The van der Waals surface area contributed by atoms with Gasteiger partial charge in [-0.25, -0.2) is 18.7 Å². The van der Waals surface area contributed by atoms with Crippen LogP contribution in [0, 0.1) is 35.3 Å². The minimum atomic E-state index is -0.331. The van der Waals surface area contributed by atoms with Gasteiger partial charge in [0.2, 0.25) is 0 Å². The maximum absolute atomic E-state index is 13.2. The minimum absolute atomic E-state index is 0.00987. The van der Waals surface area contributed by atoms with E-state index in [-0.39, 0.29) is 28.5 Å². The molecule has 0 N–H and O–H groups in total. The predicted octanol–water partition coefficient (Wildman–Crippen LogP) is 7.47. The van der Waals surface area contributed by atoms with Gasteiger partial charge in [0.15, 0.2) is 0 Å². The molecular weight excluding hydrogens is 723 g/mol. The lowest BCUT2D eigenvalue weighted by Gasteiger charge is -2.09. The van der Waals surface area contributed by atoms with Crippen molar-refractivity contribution in [3.63, 3.8) is 0 Å². The van der Waals surface area contributed by atoms with Crippen molar-refractivity contribution in [2.24, 2.45) is 0 Å². The number of fused-ring (bicyclic) bond motifs is 4. The number of carbonyl (C=O) groups excluding carboxylic acids is 1. The second-order valence-electron chi connectivity index (χ2n) is 14.1. The van der Waals surface area contributed by atoms with Gasteiger partial charge >= 0.3 is 0 Å². The van der Waals surface area contributed by atoms with Crippen molar-refractivity contribution in [1.29, 1.82) is 0 Å². The monoisotopic (exact) mass is 762 g/mol. The standard InChI is InChI=1S/C22H17FN2O.C21H15FN2O2.C4H8O/c1-15-5-10-21-24-20-14-17(7-6-16-3-2-4-18(23)13-16)8-9-19(20)22(26)25(21)12-11-15;22-16-3-1-2-14(12-16)4-5-15-6-8-18-19(13-15)23-20-9-7-17(25)10-11-24(20)21(18)26;1-2-4-5-3-1/h2-4,8-9,13-14H,1,5,10-12H2;1-3,6,8,12-13H,7,9-11H2;1-4H2. The third-order valence-corrected chi connectivity index (χ3v) is 9.88. The van der Waals surface area contributed by atoms with Gasteiger partial charge < -0.3 is 4.74 Å². The van der Waals surface area contributed by atoms with Crippen molar-refractivity contribution >= 4 is 27.6 Å². The Morgan fingerprint density at radius 2 is 1.04 bits per heavy atom. The maximum atomic E-state index is 13.2. The van der Waals surface area contributed by atoms with Gasteiger partial charge in [-0.2, -0.15) is 0 Å². The van der Waals surface area contributed by atoms with E-state index in [0.717, 1.165) is 49.4 Å². The minimum Gasteiger partial charge on any atom is -0.381 e. The van der Waals surface area contributed by atoms with Crippen molar-refractivity contribution in [2.75, 3.05) is 13.2 Å².